The fourth-order valence-electron chi connectivity index (χ4n) is 1.57. The fraction of sp³-hybridized carbons (Fsp3) is 0.154. The molecular weight excluding hydrogens is 220 g/mol. The Bertz CT molecular complexity index is 501. The van der Waals surface area contributed by atoms with Crippen molar-refractivity contribution in [2.75, 3.05) is 7.11 Å². The van der Waals surface area contributed by atoms with Gasteiger partial charge < -0.3 is 4.74 Å². The molecule has 0 spiro atoms. The van der Waals surface area contributed by atoms with E-state index in [1.54, 1.807) is 13.2 Å². The largest absolute Gasteiger partial charge is 0.496 e. The van der Waals surface area contributed by atoms with Crippen molar-refractivity contribution in [2.45, 2.75) is 6.92 Å². The molecule has 3 heteroatoms. The minimum absolute atomic E-state index is 0.0701. The number of hydrogen-bond donors (Lipinski definition) is 0. The average Bonchev–Trinajstić information content (AvgIpc) is 2.81. The van der Waals surface area contributed by atoms with Gasteiger partial charge in [-0.1, -0.05) is 6.07 Å². The first-order valence-electron chi connectivity index (χ1n) is 4.95. The van der Waals surface area contributed by atoms with Crippen LogP contribution in [0.5, 0.6) is 5.75 Å². The highest BCUT2D eigenvalue weighted by atomic mass is 32.1. The molecule has 1 aromatic heterocycles. The topological polar surface area (TPSA) is 26.3 Å². The van der Waals surface area contributed by atoms with Crippen LogP contribution in [0.2, 0.25) is 0 Å². The number of hydrogen-bond acceptors (Lipinski definition) is 3. The van der Waals surface area contributed by atoms with Crippen molar-refractivity contribution in [3.63, 3.8) is 0 Å². The van der Waals surface area contributed by atoms with Gasteiger partial charge >= 0.3 is 0 Å². The normalized spacial score (nSPS) is 10.1. The minimum atomic E-state index is 0.0701. The van der Waals surface area contributed by atoms with Gasteiger partial charge in [-0.05, 0) is 42.1 Å². The molecule has 0 saturated heterocycles. The Morgan fingerprint density at radius 3 is 2.69 bits per heavy atom. The molecule has 0 amide bonds. The van der Waals surface area contributed by atoms with E-state index in [4.69, 9.17) is 4.74 Å². The number of methoxy groups -OCH3 is 1. The lowest BCUT2D eigenvalue weighted by molar-refractivity contribution is 0.104. The highest BCUT2D eigenvalue weighted by molar-refractivity contribution is 7.12. The summed E-state index contributed by atoms with van der Waals surface area (Å²) >= 11 is 1.46. The van der Waals surface area contributed by atoms with Gasteiger partial charge in [0.1, 0.15) is 5.75 Å². The van der Waals surface area contributed by atoms with Gasteiger partial charge in [-0.2, -0.15) is 0 Å². The molecule has 0 unspecified atom stereocenters. The van der Waals surface area contributed by atoms with Crippen molar-refractivity contribution in [3.8, 4) is 5.75 Å². The van der Waals surface area contributed by atoms with Crippen LogP contribution in [0.1, 0.15) is 20.8 Å². The summed E-state index contributed by atoms with van der Waals surface area (Å²) in [6, 6.07) is 9.21. The smallest absolute Gasteiger partial charge is 0.202 e. The first-order chi connectivity index (χ1) is 7.72. The predicted molar refractivity (Wildman–Crippen MR) is 65.5 cm³/mol. The summed E-state index contributed by atoms with van der Waals surface area (Å²) in [7, 11) is 1.63. The number of benzene rings is 1. The summed E-state index contributed by atoms with van der Waals surface area (Å²) in [5.41, 5.74) is 1.69. The molecule has 0 aliphatic carbocycles. The summed E-state index contributed by atoms with van der Waals surface area (Å²) in [5, 5.41) is 1.91. The zero-order valence-electron chi connectivity index (χ0n) is 9.19. The first-order valence-corrected chi connectivity index (χ1v) is 5.83. The number of thiophene rings is 1. The van der Waals surface area contributed by atoms with Crippen molar-refractivity contribution in [1.82, 2.24) is 0 Å². The third-order valence-electron chi connectivity index (χ3n) is 2.40. The average molecular weight is 232 g/mol. The highest BCUT2D eigenvalue weighted by Crippen LogP contribution is 2.21. The van der Waals surface area contributed by atoms with Crippen LogP contribution in [0.4, 0.5) is 0 Å². The molecule has 0 fully saturated rings. The van der Waals surface area contributed by atoms with Crippen molar-refractivity contribution in [1.29, 1.82) is 0 Å². The van der Waals surface area contributed by atoms with Crippen LogP contribution in [0.15, 0.2) is 35.7 Å². The first kappa shape index (κ1) is 10.9. The monoisotopic (exact) mass is 232 g/mol. The van der Waals surface area contributed by atoms with E-state index < -0.39 is 0 Å². The summed E-state index contributed by atoms with van der Waals surface area (Å²) in [4.78, 5) is 12.8. The van der Waals surface area contributed by atoms with Crippen LogP contribution in [0, 0.1) is 6.92 Å². The van der Waals surface area contributed by atoms with E-state index >= 15 is 0 Å². The molecule has 0 radical (unpaired) electrons. The lowest BCUT2D eigenvalue weighted by Crippen LogP contribution is -1.99. The van der Waals surface area contributed by atoms with Gasteiger partial charge in [0.05, 0.1) is 12.0 Å². The van der Waals surface area contributed by atoms with E-state index in [2.05, 4.69) is 0 Å². The van der Waals surface area contributed by atoms with E-state index in [1.807, 2.05) is 36.6 Å². The van der Waals surface area contributed by atoms with Gasteiger partial charge in [-0.15, -0.1) is 11.3 Å². The maximum Gasteiger partial charge on any atom is 0.202 e. The van der Waals surface area contributed by atoms with Crippen molar-refractivity contribution in [2.24, 2.45) is 0 Å². The SMILES string of the molecule is COc1ccc(C(=O)c2cccs2)cc1C. The van der Waals surface area contributed by atoms with Gasteiger partial charge in [0, 0.05) is 5.56 Å². The van der Waals surface area contributed by atoms with Crippen LogP contribution in [-0.2, 0) is 0 Å². The summed E-state index contributed by atoms with van der Waals surface area (Å²) in [6.07, 6.45) is 0. The van der Waals surface area contributed by atoms with Crippen molar-refractivity contribution >= 4 is 17.1 Å². The molecule has 82 valence electrons. The second-order valence-electron chi connectivity index (χ2n) is 3.49. The van der Waals surface area contributed by atoms with Gasteiger partial charge in [-0.3, -0.25) is 4.79 Å². The second-order valence-corrected chi connectivity index (χ2v) is 4.44. The molecule has 0 bridgehead atoms. The molecule has 1 heterocycles. The molecule has 2 nitrogen and oxygen atoms in total. The predicted octanol–water partition coefficient (Wildman–Crippen LogP) is 3.30. The maximum atomic E-state index is 12.0. The quantitative estimate of drug-likeness (QED) is 0.759. The second kappa shape index (κ2) is 4.49. The Hall–Kier alpha value is -1.61. The van der Waals surface area contributed by atoms with E-state index in [-0.39, 0.29) is 5.78 Å². The Balaban J connectivity index is 2.35. The van der Waals surface area contributed by atoms with E-state index in [9.17, 15) is 4.79 Å². The third kappa shape index (κ3) is 1.99. The molecule has 2 rings (SSSR count). The number of ether oxygens (including phenoxy) is 1. The van der Waals surface area contributed by atoms with Crippen LogP contribution in [0.3, 0.4) is 0 Å². The number of aryl methyl sites for hydroxylation is 1. The summed E-state index contributed by atoms with van der Waals surface area (Å²) in [5.74, 6) is 0.878. The van der Waals surface area contributed by atoms with Crippen LogP contribution in [0.25, 0.3) is 0 Å². The molecular formula is C13H12O2S. The van der Waals surface area contributed by atoms with Crippen LogP contribution >= 0.6 is 11.3 Å². The molecule has 0 aliphatic heterocycles. The molecule has 0 atom stereocenters. The summed E-state index contributed by atoms with van der Waals surface area (Å²) < 4.78 is 5.16. The summed E-state index contributed by atoms with van der Waals surface area (Å²) in [6.45, 7) is 1.93. The third-order valence-corrected chi connectivity index (χ3v) is 3.27. The fourth-order valence-corrected chi connectivity index (χ4v) is 2.26. The number of ketones is 1. The zero-order valence-corrected chi connectivity index (χ0v) is 10.0. The lowest BCUT2D eigenvalue weighted by atomic mass is 10.1. The highest BCUT2D eigenvalue weighted by Gasteiger charge is 2.11. The molecule has 1 aromatic carbocycles. The van der Waals surface area contributed by atoms with Gasteiger partial charge in [0.25, 0.3) is 0 Å². The Labute approximate surface area is 98.5 Å². The maximum absolute atomic E-state index is 12.0. The van der Waals surface area contributed by atoms with E-state index in [1.165, 1.54) is 11.3 Å². The van der Waals surface area contributed by atoms with Gasteiger partial charge in [-0.25, -0.2) is 0 Å². The van der Waals surface area contributed by atoms with E-state index in [0.29, 0.717) is 5.56 Å². The number of carbonyl (C=O) groups is 1. The molecule has 0 aliphatic rings. The standard InChI is InChI=1S/C13H12O2S/c1-9-8-10(5-6-11(9)15-2)13(14)12-4-3-7-16-12/h3-8H,1-2H3. The minimum Gasteiger partial charge on any atom is -0.496 e. The Morgan fingerprint density at radius 1 is 1.31 bits per heavy atom. The number of carbonyl (C=O) groups excluding carboxylic acids is 1. The number of rotatable bonds is 3. The Morgan fingerprint density at radius 2 is 2.12 bits per heavy atom. The molecule has 2 aromatic rings. The van der Waals surface area contributed by atoms with Crippen LogP contribution < -0.4 is 4.74 Å². The molecule has 16 heavy (non-hydrogen) atoms. The van der Waals surface area contributed by atoms with Gasteiger partial charge in [0.15, 0.2) is 0 Å². The lowest BCUT2D eigenvalue weighted by Gasteiger charge is -2.05. The van der Waals surface area contributed by atoms with Crippen molar-refractivity contribution < 1.29 is 9.53 Å². The van der Waals surface area contributed by atoms with Crippen molar-refractivity contribution in [3.05, 3.63) is 51.7 Å². The zero-order chi connectivity index (χ0) is 11.5. The van der Waals surface area contributed by atoms with Crippen LogP contribution in [-0.4, -0.2) is 12.9 Å². The van der Waals surface area contributed by atoms with Gasteiger partial charge in [0.2, 0.25) is 5.78 Å². The molecule has 0 saturated carbocycles. The van der Waals surface area contributed by atoms with E-state index in [0.717, 1.165) is 16.2 Å². The molecule has 0 N–H and O–H groups in total. The Kier molecular flexibility index (Phi) is 3.06.